The van der Waals surface area contributed by atoms with Crippen molar-refractivity contribution in [2.24, 2.45) is 0 Å². The van der Waals surface area contributed by atoms with E-state index in [0.29, 0.717) is 11.8 Å². The molecule has 0 amide bonds. The van der Waals surface area contributed by atoms with E-state index in [4.69, 9.17) is 4.52 Å². The van der Waals surface area contributed by atoms with Gasteiger partial charge in [-0.3, -0.25) is 0 Å². The van der Waals surface area contributed by atoms with E-state index < -0.39 is 4.12 Å². The lowest BCUT2D eigenvalue weighted by Gasteiger charge is -2.20. The maximum absolute atomic E-state index is 12.3. The molecule has 0 spiro atoms. The van der Waals surface area contributed by atoms with E-state index in [1.807, 2.05) is 0 Å². The zero-order valence-electron chi connectivity index (χ0n) is 7.75. The number of ether oxygens (including phenoxy) is 1. The van der Waals surface area contributed by atoms with E-state index in [0.717, 1.165) is 41.9 Å². The number of hydrogen-bond donors (Lipinski definition) is 0. The third kappa shape index (κ3) is 3.07. The van der Waals surface area contributed by atoms with E-state index in [-0.39, 0.29) is 12.4 Å². The molecular weight excluding hydrogens is 321 g/mol. The lowest BCUT2D eigenvalue weighted by molar-refractivity contribution is -0.155. The van der Waals surface area contributed by atoms with Crippen LogP contribution in [0.15, 0.2) is 4.52 Å². The second kappa shape index (κ2) is 4.28. The molecule has 0 aromatic carbocycles. The van der Waals surface area contributed by atoms with Crippen LogP contribution in [-0.4, -0.2) is 14.3 Å². The van der Waals surface area contributed by atoms with Crippen LogP contribution in [0.4, 0.5) is 8.78 Å². The van der Waals surface area contributed by atoms with Gasteiger partial charge in [0.2, 0.25) is 5.89 Å². The fourth-order valence-electron chi connectivity index (χ4n) is 1.29. The van der Waals surface area contributed by atoms with E-state index in [1.54, 1.807) is 0 Å². The van der Waals surface area contributed by atoms with Crippen LogP contribution in [0.1, 0.15) is 36.9 Å². The Kier molecular flexibility index (Phi) is 3.19. The molecule has 0 atom stereocenters. The van der Waals surface area contributed by atoms with Gasteiger partial charge in [0.05, 0.1) is 0 Å². The van der Waals surface area contributed by atoms with Gasteiger partial charge in [-0.2, -0.15) is 13.8 Å². The minimum Gasteiger partial charge on any atom is -0.339 e. The summed E-state index contributed by atoms with van der Waals surface area (Å²) in [7, 11) is 0. The Hall–Kier alpha value is -0.310. The summed E-state index contributed by atoms with van der Waals surface area (Å²) < 4.78 is 30.6. The monoisotopic (exact) mass is 330 g/mol. The van der Waals surface area contributed by atoms with Crippen LogP contribution >= 0.6 is 22.6 Å². The summed E-state index contributed by atoms with van der Waals surface area (Å²) in [6.45, 7) is -0.327. The zero-order chi connectivity index (χ0) is 10.9. The van der Waals surface area contributed by atoms with Crippen LogP contribution in [0.25, 0.3) is 0 Å². The first-order chi connectivity index (χ1) is 7.04. The summed E-state index contributed by atoms with van der Waals surface area (Å²) in [4.78, 5) is 4.00. The van der Waals surface area contributed by atoms with Crippen molar-refractivity contribution in [2.45, 2.75) is 35.9 Å². The molecule has 1 fully saturated rings. The third-order valence-electron chi connectivity index (χ3n) is 2.30. The number of rotatable bonds is 4. The maximum atomic E-state index is 12.3. The first-order valence-electron chi connectivity index (χ1n) is 4.58. The van der Waals surface area contributed by atoms with Crippen LogP contribution < -0.4 is 0 Å². The molecule has 1 aromatic rings. The van der Waals surface area contributed by atoms with E-state index in [2.05, 4.69) is 14.9 Å². The molecular formula is C8H9F2IN2O2. The number of aromatic nitrogens is 2. The van der Waals surface area contributed by atoms with Crippen LogP contribution in [0.2, 0.25) is 0 Å². The SMILES string of the molecule is FC(F)(I)OCc1noc(C2CCC2)n1. The standard InChI is InChI=1S/C8H9F2IN2O2/c9-8(10,11)14-4-6-12-7(15-13-6)5-2-1-3-5/h5H,1-4H2. The Labute approximate surface area is 98.5 Å². The maximum Gasteiger partial charge on any atom is 0.408 e. The fourth-order valence-corrected chi connectivity index (χ4v) is 1.45. The fraction of sp³-hybridized carbons (Fsp3) is 0.750. The van der Waals surface area contributed by atoms with Gasteiger partial charge < -0.3 is 9.26 Å². The molecule has 1 heterocycles. The largest absolute Gasteiger partial charge is 0.408 e. The van der Waals surface area contributed by atoms with Crippen LogP contribution in [0.3, 0.4) is 0 Å². The van der Waals surface area contributed by atoms with Crippen molar-refractivity contribution in [1.29, 1.82) is 0 Å². The van der Waals surface area contributed by atoms with Crippen molar-refractivity contribution < 1.29 is 18.0 Å². The van der Waals surface area contributed by atoms with Gasteiger partial charge in [-0.1, -0.05) is 11.6 Å². The lowest BCUT2D eigenvalue weighted by Crippen LogP contribution is -2.12. The molecule has 2 rings (SSSR count). The average molecular weight is 330 g/mol. The Morgan fingerprint density at radius 2 is 2.27 bits per heavy atom. The van der Waals surface area contributed by atoms with Crippen LogP contribution in [0.5, 0.6) is 0 Å². The number of alkyl halides is 3. The highest BCUT2D eigenvalue weighted by molar-refractivity contribution is 14.1. The lowest BCUT2D eigenvalue weighted by atomic mass is 9.85. The highest BCUT2D eigenvalue weighted by Crippen LogP contribution is 2.35. The molecule has 1 aliphatic rings. The molecule has 1 saturated carbocycles. The zero-order valence-corrected chi connectivity index (χ0v) is 9.91. The first kappa shape index (κ1) is 11.2. The molecule has 1 aromatic heterocycles. The summed E-state index contributed by atoms with van der Waals surface area (Å²) in [6, 6.07) is 0. The molecule has 1 aliphatic carbocycles. The summed E-state index contributed by atoms with van der Waals surface area (Å²) in [6.07, 6.45) is 3.22. The highest BCUT2D eigenvalue weighted by Gasteiger charge is 2.28. The molecule has 84 valence electrons. The molecule has 0 radical (unpaired) electrons. The van der Waals surface area contributed by atoms with Gasteiger partial charge >= 0.3 is 4.12 Å². The Bertz CT molecular complexity index is 336. The number of hydrogen-bond acceptors (Lipinski definition) is 4. The van der Waals surface area contributed by atoms with Crippen molar-refractivity contribution in [3.8, 4) is 0 Å². The van der Waals surface area contributed by atoms with Gasteiger partial charge in [-0.25, -0.2) is 0 Å². The molecule has 7 heteroatoms. The predicted molar refractivity (Wildman–Crippen MR) is 54.6 cm³/mol. The van der Waals surface area contributed by atoms with Crippen molar-refractivity contribution in [3.63, 3.8) is 0 Å². The molecule has 0 bridgehead atoms. The van der Waals surface area contributed by atoms with Crippen molar-refractivity contribution in [2.75, 3.05) is 0 Å². The number of nitrogens with zero attached hydrogens (tertiary/aromatic N) is 2. The Balaban J connectivity index is 1.89. The highest BCUT2D eigenvalue weighted by atomic mass is 127. The van der Waals surface area contributed by atoms with E-state index in [1.165, 1.54) is 0 Å². The minimum absolute atomic E-state index is 0.174. The smallest absolute Gasteiger partial charge is 0.339 e. The summed E-state index contributed by atoms with van der Waals surface area (Å²) in [5, 5.41) is 3.57. The van der Waals surface area contributed by atoms with Gasteiger partial charge in [0.15, 0.2) is 5.82 Å². The number of halogens is 3. The van der Waals surface area contributed by atoms with E-state index in [9.17, 15) is 8.78 Å². The van der Waals surface area contributed by atoms with E-state index >= 15 is 0 Å². The third-order valence-corrected chi connectivity index (χ3v) is 2.61. The molecule has 0 N–H and O–H groups in total. The molecule has 15 heavy (non-hydrogen) atoms. The summed E-state index contributed by atoms with van der Waals surface area (Å²) >= 11 is 0.900. The quantitative estimate of drug-likeness (QED) is 0.629. The molecule has 0 saturated heterocycles. The Morgan fingerprint density at radius 3 is 2.80 bits per heavy atom. The van der Waals surface area contributed by atoms with Gasteiger partial charge in [-0.05, 0) is 12.8 Å². The second-order valence-electron chi connectivity index (χ2n) is 3.41. The van der Waals surface area contributed by atoms with Gasteiger partial charge in [0.25, 0.3) is 0 Å². The molecule has 4 nitrogen and oxygen atoms in total. The summed E-state index contributed by atoms with van der Waals surface area (Å²) in [5.41, 5.74) is 0. The van der Waals surface area contributed by atoms with Crippen molar-refractivity contribution in [1.82, 2.24) is 10.1 Å². The van der Waals surface area contributed by atoms with Crippen molar-refractivity contribution in [3.05, 3.63) is 11.7 Å². The van der Waals surface area contributed by atoms with Crippen LogP contribution in [0, 0.1) is 0 Å². The topological polar surface area (TPSA) is 48.2 Å². The van der Waals surface area contributed by atoms with Crippen LogP contribution in [-0.2, 0) is 11.3 Å². The Morgan fingerprint density at radius 1 is 1.53 bits per heavy atom. The van der Waals surface area contributed by atoms with Gasteiger partial charge in [-0.15, -0.1) is 0 Å². The van der Waals surface area contributed by atoms with Gasteiger partial charge in [0.1, 0.15) is 6.61 Å². The summed E-state index contributed by atoms with van der Waals surface area (Å²) in [5.74, 6) is 1.02. The molecule has 0 aliphatic heterocycles. The first-order valence-corrected chi connectivity index (χ1v) is 5.65. The average Bonchev–Trinajstić information content (AvgIpc) is 2.45. The molecule has 0 unspecified atom stereocenters. The van der Waals surface area contributed by atoms with Gasteiger partial charge in [0, 0.05) is 28.5 Å². The predicted octanol–water partition coefficient (Wildman–Crippen LogP) is 2.84. The van der Waals surface area contributed by atoms with Crippen molar-refractivity contribution >= 4 is 22.6 Å². The minimum atomic E-state index is -3.19. The normalized spacial score (nSPS) is 17.8. The second-order valence-corrected chi connectivity index (χ2v) is 4.67.